The van der Waals surface area contributed by atoms with Crippen molar-refractivity contribution in [3.05, 3.63) is 61.2 Å². The van der Waals surface area contributed by atoms with Crippen molar-refractivity contribution >= 4 is 14.2 Å². The molecule has 0 radical (unpaired) electrons. The topological polar surface area (TPSA) is 48.0 Å². The van der Waals surface area contributed by atoms with Gasteiger partial charge in [-0.15, -0.1) is 13.2 Å². The van der Waals surface area contributed by atoms with Gasteiger partial charge in [0.05, 0.1) is 12.1 Å². The zero-order valence-electron chi connectivity index (χ0n) is 21.8. The molecule has 0 N–H and O–H groups in total. The first-order chi connectivity index (χ1) is 15.2. The Kier molecular flexibility index (Phi) is 8.90. The molecule has 4 atom stereocenters. The number of rotatable bonds is 10. The molecule has 33 heavy (non-hydrogen) atoms. The summed E-state index contributed by atoms with van der Waals surface area (Å²) in [7, 11) is -2.23. The summed E-state index contributed by atoms with van der Waals surface area (Å²) in [5.41, 5.74) is 1.07. The molecular weight excluding hydrogens is 430 g/mol. The quantitative estimate of drug-likeness (QED) is 0.305. The van der Waals surface area contributed by atoms with E-state index in [0.717, 1.165) is 5.56 Å². The van der Waals surface area contributed by atoms with Gasteiger partial charge in [0.15, 0.2) is 14.1 Å². The van der Waals surface area contributed by atoms with Gasteiger partial charge in [-0.2, -0.15) is 0 Å². The van der Waals surface area contributed by atoms with Crippen LogP contribution in [0.3, 0.4) is 0 Å². The second-order valence-electron chi connectivity index (χ2n) is 10.9. The number of amides is 1. The van der Waals surface area contributed by atoms with Gasteiger partial charge in [0.25, 0.3) is 0 Å². The number of nitrogens with zero attached hydrogens (tertiary/aromatic N) is 1. The second kappa shape index (κ2) is 10.7. The van der Waals surface area contributed by atoms with Crippen LogP contribution in [0.5, 0.6) is 0 Å². The number of hydrogen-bond acceptors (Lipinski definition) is 4. The SMILES string of the molecule is C=CCC([C@H](O[Si](C)(C)C(C)(C)C)[C@H]1OC(C)(C)O[C@H]1C=C)N(Cc1ccccc1)C(C)=O. The highest BCUT2D eigenvalue weighted by atomic mass is 28.4. The molecule has 0 saturated carbocycles. The molecule has 5 nitrogen and oxygen atoms in total. The molecule has 0 aliphatic carbocycles. The molecule has 1 aromatic rings. The summed E-state index contributed by atoms with van der Waals surface area (Å²) < 4.78 is 19.6. The molecule has 1 aliphatic rings. The van der Waals surface area contributed by atoms with Crippen LogP contribution in [-0.2, 0) is 25.2 Å². The lowest BCUT2D eigenvalue weighted by atomic mass is 9.96. The first-order valence-electron chi connectivity index (χ1n) is 11.8. The molecule has 0 bridgehead atoms. The lowest BCUT2D eigenvalue weighted by Crippen LogP contribution is -2.58. The highest BCUT2D eigenvalue weighted by molar-refractivity contribution is 6.74. The number of benzene rings is 1. The smallest absolute Gasteiger partial charge is 0.220 e. The van der Waals surface area contributed by atoms with E-state index in [9.17, 15) is 4.79 Å². The molecule has 0 spiro atoms. The zero-order valence-corrected chi connectivity index (χ0v) is 22.8. The summed E-state index contributed by atoms with van der Waals surface area (Å²) in [4.78, 5) is 14.9. The van der Waals surface area contributed by atoms with E-state index in [0.29, 0.717) is 13.0 Å². The van der Waals surface area contributed by atoms with Crippen molar-refractivity contribution in [3.8, 4) is 0 Å². The van der Waals surface area contributed by atoms with Gasteiger partial charge in [0, 0.05) is 13.5 Å². The van der Waals surface area contributed by atoms with E-state index in [4.69, 9.17) is 13.9 Å². The van der Waals surface area contributed by atoms with Crippen LogP contribution in [0.15, 0.2) is 55.6 Å². The monoisotopic (exact) mass is 473 g/mol. The van der Waals surface area contributed by atoms with Gasteiger partial charge in [-0.05, 0) is 44.0 Å². The van der Waals surface area contributed by atoms with E-state index in [1.54, 1.807) is 13.0 Å². The predicted molar refractivity (Wildman–Crippen MR) is 137 cm³/mol. The minimum absolute atomic E-state index is 0.0108. The molecule has 2 rings (SSSR count). The van der Waals surface area contributed by atoms with Crippen LogP contribution in [0.2, 0.25) is 18.1 Å². The van der Waals surface area contributed by atoms with Crippen molar-refractivity contribution in [2.45, 2.75) is 103 Å². The van der Waals surface area contributed by atoms with E-state index >= 15 is 0 Å². The molecule has 1 unspecified atom stereocenters. The highest BCUT2D eigenvalue weighted by Crippen LogP contribution is 2.41. The minimum atomic E-state index is -2.23. The van der Waals surface area contributed by atoms with Crippen LogP contribution < -0.4 is 0 Å². The maximum Gasteiger partial charge on any atom is 0.220 e. The molecule has 1 heterocycles. The first kappa shape index (κ1) is 27.5. The first-order valence-corrected chi connectivity index (χ1v) is 14.7. The molecule has 1 aliphatic heterocycles. The number of carbonyl (C=O) groups is 1. The third-order valence-corrected chi connectivity index (χ3v) is 11.2. The van der Waals surface area contributed by atoms with Gasteiger partial charge in [-0.25, -0.2) is 0 Å². The molecule has 1 fully saturated rings. The predicted octanol–water partition coefficient (Wildman–Crippen LogP) is 6.08. The fourth-order valence-electron chi connectivity index (χ4n) is 3.99. The summed E-state index contributed by atoms with van der Waals surface area (Å²) in [6, 6.07) is 9.77. The Balaban J connectivity index is 2.56. The van der Waals surface area contributed by atoms with Crippen molar-refractivity contribution < 1.29 is 18.7 Å². The van der Waals surface area contributed by atoms with Crippen LogP contribution in [-0.4, -0.2) is 49.3 Å². The lowest BCUT2D eigenvalue weighted by Gasteiger charge is -2.46. The van der Waals surface area contributed by atoms with Crippen molar-refractivity contribution in [1.29, 1.82) is 0 Å². The number of hydrogen-bond donors (Lipinski definition) is 0. The van der Waals surface area contributed by atoms with Gasteiger partial charge in [-0.1, -0.05) is 63.3 Å². The van der Waals surface area contributed by atoms with Crippen LogP contribution >= 0.6 is 0 Å². The van der Waals surface area contributed by atoms with E-state index in [2.05, 4.69) is 47.0 Å². The van der Waals surface area contributed by atoms with Crippen LogP contribution in [0, 0.1) is 0 Å². The average molecular weight is 474 g/mol. The third kappa shape index (κ3) is 6.88. The Morgan fingerprint density at radius 1 is 1.21 bits per heavy atom. The van der Waals surface area contributed by atoms with Crippen molar-refractivity contribution in [1.82, 2.24) is 4.90 Å². The normalized spacial score (nSPS) is 22.4. The van der Waals surface area contributed by atoms with Gasteiger partial charge in [0.1, 0.15) is 12.2 Å². The summed E-state index contributed by atoms with van der Waals surface area (Å²) in [5, 5.41) is -0.0108. The second-order valence-corrected chi connectivity index (χ2v) is 15.6. The third-order valence-electron chi connectivity index (χ3n) is 6.74. The van der Waals surface area contributed by atoms with Gasteiger partial charge in [0.2, 0.25) is 5.91 Å². The van der Waals surface area contributed by atoms with Gasteiger partial charge in [-0.3, -0.25) is 4.79 Å². The number of carbonyl (C=O) groups excluding carboxylic acids is 1. The standard InChI is InChI=1S/C27H43NO4Si/c1-11-16-22(28(20(3)29)19-21-17-14-13-15-18-21)24(32-33(9,10)26(4,5)6)25-23(12-2)30-27(7,8)31-25/h11-15,17-18,22-25H,1-2,16,19H2,3-10H3/t22?,23-,24-,25-/m0/s1. The Morgan fingerprint density at radius 3 is 2.30 bits per heavy atom. The molecular formula is C27H43NO4Si. The molecule has 1 aromatic carbocycles. The molecule has 0 aromatic heterocycles. The van der Waals surface area contributed by atoms with Gasteiger partial charge >= 0.3 is 0 Å². The summed E-state index contributed by atoms with van der Waals surface area (Å²) in [6.07, 6.45) is 3.08. The summed E-state index contributed by atoms with van der Waals surface area (Å²) in [6.45, 7) is 25.0. The van der Waals surface area contributed by atoms with E-state index in [1.807, 2.05) is 55.2 Å². The molecule has 6 heteroatoms. The fourth-order valence-corrected chi connectivity index (χ4v) is 5.31. The van der Waals surface area contributed by atoms with Crippen LogP contribution in [0.4, 0.5) is 0 Å². The highest BCUT2D eigenvalue weighted by Gasteiger charge is 2.51. The van der Waals surface area contributed by atoms with E-state index in [1.165, 1.54) is 0 Å². The maximum atomic E-state index is 13.0. The number of ether oxygens (including phenoxy) is 2. The Morgan fingerprint density at radius 2 is 1.82 bits per heavy atom. The molecule has 1 amide bonds. The summed E-state index contributed by atoms with van der Waals surface area (Å²) >= 11 is 0. The minimum Gasteiger partial charge on any atom is -0.409 e. The van der Waals surface area contributed by atoms with E-state index < -0.39 is 26.3 Å². The van der Waals surface area contributed by atoms with Gasteiger partial charge < -0.3 is 18.8 Å². The summed E-state index contributed by atoms with van der Waals surface area (Å²) in [5.74, 6) is -0.777. The Hall–Kier alpha value is -1.73. The van der Waals surface area contributed by atoms with Crippen LogP contribution in [0.25, 0.3) is 0 Å². The Bertz CT molecular complexity index is 815. The van der Waals surface area contributed by atoms with Crippen molar-refractivity contribution in [2.75, 3.05) is 0 Å². The fraction of sp³-hybridized carbons (Fsp3) is 0.593. The van der Waals surface area contributed by atoms with E-state index in [-0.39, 0.29) is 23.1 Å². The molecule has 1 saturated heterocycles. The molecule has 184 valence electrons. The Labute approximate surface area is 201 Å². The maximum absolute atomic E-state index is 13.0. The van der Waals surface area contributed by atoms with Crippen LogP contribution in [0.1, 0.15) is 53.5 Å². The average Bonchev–Trinajstić information content (AvgIpc) is 3.03. The lowest BCUT2D eigenvalue weighted by molar-refractivity contribution is -0.159. The van der Waals surface area contributed by atoms with Crippen molar-refractivity contribution in [2.24, 2.45) is 0 Å². The largest absolute Gasteiger partial charge is 0.409 e. The zero-order chi connectivity index (χ0) is 25.0. The van der Waals surface area contributed by atoms with Crippen molar-refractivity contribution in [3.63, 3.8) is 0 Å².